The maximum absolute atomic E-state index is 11.7. The molecule has 0 aromatic rings. The molecule has 0 atom stereocenters. The number of carbonyl (C=O) groups is 2. The van der Waals surface area contributed by atoms with Gasteiger partial charge in [0.1, 0.15) is 0 Å². The Bertz CT molecular complexity index is 418. The highest BCUT2D eigenvalue weighted by molar-refractivity contribution is 6.58. The first kappa shape index (κ1) is 20.2. The van der Waals surface area contributed by atoms with E-state index in [1.165, 1.54) is 7.11 Å². The molecule has 0 spiro atoms. The SMILES string of the molecule is CCC/C=C/C=C/C=C/B(C)OC(=O)CN(C)CC(=O)OC. The van der Waals surface area contributed by atoms with Gasteiger partial charge in [0.05, 0.1) is 20.2 Å². The van der Waals surface area contributed by atoms with E-state index in [4.69, 9.17) is 4.65 Å². The third-order valence-electron chi connectivity index (χ3n) is 2.65. The van der Waals surface area contributed by atoms with Gasteiger partial charge in [-0.05, 0) is 20.3 Å². The minimum atomic E-state index is -0.385. The van der Waals surface area contributed by atoms with Crippen LogP contribution in [-0.4, -0.2) is 51.0 Å². The standard InChI is InChI=1S/C16H26BNO4/c1-5-6-7-8-9-10-11-12-17(2)22-16(20)14-18(3)13-15(19)21-4/h7-12H,5-6,13-14H2,1-4H3/b8-7+,10-9+,12-11+. The number of allylic oxidation sites excluding steroid dienone is 5. The molecule has 0 aromatic heterocycles. The van der Waals surface area contributed by atoms with E-state index in [0.717, 1.165) is 12.8 Å². The van der Waals surface area contributed by atoms with E-state index in [1.807, 2.05) is 24.3 Å². The summed E-state index contributed by atoms with van der Waals surface area (Å²) in [5.41, 5.74) is 0. The molecule has 0 fully saturated rings. The van der Waals surface area contributed by atoms with Gasteiger partial charge in [-0.1, -0.05) is 49.7 Å². The third-order valence-corrected chi connectivity index (χ3v) is 2.65. The van der Waals surface area contributed by atoms with Gasteiger partial charge in [-0.3, -0.25) is 14.5 Å². The van der Waals surface area contributed by atoms with Gasteiger partial charge in [0.15, 0.2) is 0 Å². The van der Waals surface area contributed by atoms with Crippen molar-refractivity contribution in [3.05, 3.63) is 36.4 Å². The molecule has 0 N–H and O–H groups in total. The zero-order chi connectivity index (χ0) is 16.8. The summed E-state index contributed by atoms with van der Waals surface area (Å²) in [6, 6.07) is 0. The number of methoxy groups -OCH3 is 1. The van der Waals surface area contributed by atoms with Gasteiger partial charge in [0.25, 0.3) is 0 Å². The van der Waals surface area contributed by atoms with E-state index in [2.05, 4.69) is 17.7 Å². The largest absolute Gasteiger partial charge is 0.531 e. The number of likely N-dealkylation sites (N-methyl/N-ethyl adjacent to an activating group) is 1. The highest BCUT2D eigenvalue weighted by Gasteiger charge is 2.14. The normalized spacial score (nSPS) is 11.7. The van der Waals surface area contributed by atoms with Gasteiger partial charge in [-0.25, -0.2) is 0 Å². The average Bonchev–Trinajstić information content (AvgIpc) is 2.45. The molecule has 122 valence electrons. The minimum Gasteiger partial charge on any atom is -0.531 e. The van der Waals surface area contributed by atoms with Crippen LogP contribution in [-0.2, 0) is 19.0 Å². The van der Waals surface area contributed by atoms with Gasteiger partial charge in [0, 0.05) is 0 Å². The molecule has 0 aliphatic carbocycles. The summed E-state index contributed by atoms with van der Waals surface area (Å²) in [6.07, 6.45) is 12.0. The molecule has 22 heavy (non-hydrogen) atoms. The average molecular weight is 307 g/mol. The van der Waals surface area contributed by atoms with Crippen LogP contribution >= 0.6 is 0 Å². The molecular weight excluding hydrogens is 281 g/mol. The Kier molecular flexibility index (Phi) is 11.8. The van der Waals surface area contributed by atoms with Crippen LogP contribution < -0.4 is 0 Å². The van der Waals surface area contributed by atoms with E-state index >= 15 is 0 Å². The second-order valence-corrected chi connectivity index (χ2v) is 4.93. The fraction of sp³-hybridized carbons (Fsp3) is 0.500. The molecule has 0 bridgehead atoms. The summed E-state index contributed by atoms with van der Waals surface area (Å²) in [4.78, 5) is 24.3. The van der Waals surface area contributed by atoms with Crippen LogP contribution in [0.15, 0.2) is 36.4 Å². The van der Waals surface area contributed by atoms with Crippen molar-refractivity contribution in [3.8, 4) is 0 Å². The summed E-state index contributed by atoms with van der Waals surface area (Å²) >= 11 is 0. The Labute approximate surface area is 133 Å². The molecule has 0 heterocycles. The maximum Gasteiger partial charge on any atom is 0.384 e. The Morgan fingerprint density at radius 3 is 2.36 bits per heavy atom. The lowest BCUT2D eigenvalue weighted by Gasteiger charge is -2.15. The lowest BCUT2D eigenvalue weighted by atomic mass is 9.71. The molecule has 6 heteroatoms. The fourth-order valence-corrected chi connectivity index (χ4v) is 1.54. The van der Waals surface area contributed by atoms with E-state index in [1.54, 1.807) is 24.7 Å². The maximum atomic E-state index is 11.7. The lowest BCUT2D eigenvalue weighted by Crippen LogP contribution is -2.34. The van der Waals surface area contributed by atoms with Crippen LogP contribution in [0.1, 0.15) is 19.8 Å². The fourth-order valence-electron chi connectivity index (χ4n) is 1.54. The van der Waals surface area contributed by atoms with Crippen molar-refractivity contribution in [3.63, 3.8) is 0 Å². The minimum absolute atomic E-state index is 0.0445. The zero-order valence-corrected chi connectivity index (χ0v) is 14.0. The van der Waals surface area contributed by atoms with Gasteiger partial charge >= 0.3 is 18.9 Å². The second kappa shape index (κ2) is 12.9. The Balaban J connectivity index is 4.01. The molecule has 0 aromatic carbocycles. The van der Waals surface area contributed by atoms with Crippen molar-refractivity contribution in [2.45, 2.75) is 26.6 Å². The lowest BCUT2D eigenvalue weighted by molar-refractivity contribution is -0.142. The Morgan fingerprint density at radius 2 is 1.73 bits per heavy atom. The van der Waals surface area contributed by atoms with Crippen LogP contribution in [0, 0.1) is 0 Å². The molecule has 0 rings (SSSR count). The molecule has 0 saturated heterocycles. The first-order valence-corrected chi connectivity index (χ1v) is 7.44. The quantitative estimate of drug-likeness (QED) is 0.352. The highest BCUT2D eigenvalue weighted by Crippen LogP contribution is 1.94. The second-order valence-electron chi connectivity index (χ2n) is 4.93. The number of esters is 1. The first-order valence-electron chi connectivity index (χ1n) is 7.44. The smallest absolute Gasteiger partial charge is 0.384 e. The number of unbranched alkanes of at least 4 members (excludes halogenated alkanes) is 1. The van der Waals surface area contributed by atoms with Crippen LogP contribution in [0.4, 0.5) is 0 Å². The van der Waals surface area contributed by atoms with Crippen molar-refractivity contribution >= 4 is 18.9 Å². The van der Waals surface area contributed by atoms with Gasteiger partial charge in [0.2, 0.25) is 0 Å². The summed E-state index contributed by atoms with van der Waals surface area (Å²) in [5.74, 6) is 1.03. The number of ether oxygens (including phenoxy) is 1. The molecule has 0 unspecified atom stereocenters. The molecule has 0 amide bonds. The zero-order valence-electron chi connectivity index (χ0n) is 14.0. The Hall–Kier alpha value is -1.82. The van der Waals surface area contributed by atoms with E-state index in [9.17, 15) is 9.59 Å². The topological polar surface area (TPSA) is 55.8 Å². The highest BCUT2D eigenvalue weighted by atomic mass is 16.5. The van der Waals surface area contributed by atoms with E-state index in [-0.39, 0.29) is 31.9 Å². The summed E-state index contributed by atoms with van der Waals surface area (Å²) < 4.78 is 9.74. The monoisotopic (exact) mass is 307 g/mol. The summed E-state index contributed by atoms with van der Waals surface area (Å²) in [5, 5.41) is 0. The molecule has 5 nitrogen and oxygen atoms in total. The molecule has 0 saturated carbocycles. The van der Waals surface area contributed by atoms with Crippen molar-refractivity contribution in [2.24, 2.45) is 0 Å². The van der Waals surface area contributed by atoms with E-state index in [0.29, 0.717) is 0 Å². The Morgan fingerprint density at radius 1 is 1.09 bits per heavy atom. The van der Waals surface area contributed by atoms with Gasteiger partial charge < -0.3 is 9.39 Å². The predicted molar refractivity (Wildman–Crippen MR) is 89.6 cm³/mol. The number of hydrogen-bond acceptors (Lipinski definition) is 5. The molecular formula is C16H26BNO4. The van der Waals surface area contributed by atoms with Crippen LogP contribution in [0.3, 0.4) is 0 Å². The van der Waals surface area contributed by atoms with Gasteiger partial charge in [-0.2, -0.15) is 0 Å². The molecule has 0 aliphatic rings. The van der Waals surface area contributed by atoms with Crippen LogP contribution in [0.5, 0.6) is 0 Å². The van der Waals surface area contributed by atoms with Crippen LogP contribution in [0.25, 0.3) is 0 Å². The third kappa shape index (κ3) is 12.0. The predicted octanol–water partition coefficient (Wildman–Crippen LogP) is 2.26. The number of carbonyl (C=O) groups excluding carboxylic acids is 2. The van der Waals surface area contributed by atoms with Crippen molar-refractivity contribution in [1.82, 2.24) is 4.90 Å². The van der Waals surface area contributed by atoms with Crippen molar-refractivity contribution in [2.75, 3.05) is 27.2 Å². The number of hydrogen-bond donors (Lipinski definition) is 0. The first-order chi connectivity index (χ1) is 10.5. The summed E-state index contributed by atoms with van der Waals surface area (Å²) in [6.45, 7) is 3.71. The molecule has 0 aliphatic heterocycles. The van der Waals surface area contributed by atoms with Crippen LogP contribution in [0.2, 0.25) is 6.82 Å². The molecule has 0 radical (unpaired) electrons. The van der Waals surface area contributed by atoms with E-state index < -0.39 is 0 Å². The van der Waals surface area contributed by atoms with Gasteiger partial charge in [-0.15, -0.1) is 0 Å². The number of nitrogens with zero attached hydrogens (tertiary/aromatic N) is 1. The van der Waals surface area contributed by atoms with Crippen molar-refractivity contribution in [1.29, 1.82) is 0 Å². The number of rotatable bonds is 10. The summed E-state index contributed by atoms with van der Waals surface area (Å²) in [7, 11) is 2.97. The van der Waals surface area contributed by atoms with Crippen molar-refractivity contribution < 1.29 is 19.0 Å².